The fourth-order valence-electron chi connectivity index (χ4n) is 24.4. The second-order valence-corrected chi connectivity index (χ2v) is 47.4. The zero-order valence-electron chi connectivity index (χ0n) is 72.3. The second kappa shape index (κ2) is 37.6. The van der Waals surface area contributed by atoms with E-state index >= 15 is 0 Å². The highest BCUT2D eigenvalue weighted by Gasteiger charge is 2.63. The minimum Gasteiger partial charge on any atom is -0.461 e. The van der Waals surface area contributed by atoms with Crippen LogP contribution in [0.25, 0.3) is 0 Å². The lowest BCUT2D eigenvalue weighted by Gasteiger charge is -2.59. The maximum Gasteiger partial charge on any atom is 0.376 e. The third-order valence-electron chi connectivity index (χ3n) is 28.8. The van der Waals surface area contributed by atoms with Gasteiger partial charge in [-0.1, -0.05) is 120 Å². The predicted octanol–water partition coefficient (Wildman–Crippen LogP) is 20.6. The van der Waals surface area contributed by atoms with Crippen LogP contribution >= 0.6 is 0 Å². The average Bonchev–Trinajstić information content (AvgIpc) is 0.749. The molecular weight excluding hydrogens is 1610 g/mol. The van der Waals surface area contributed by atoms with Gasteiger partial charge in [0.15, 0.2) is 31.3 Å². The summed E-state index contributed by atoms with van der Waals surface area (Å²) < 4.78 is 116. The fraction of sp³-hybridized carbons (Fsp3) is 0.646. The van der Waals surface area contributed by atoms with Crippen LogP contribution in [-0.2, 0) is 101 Å². The van der Waals surface area contributed by atoms with E-state index in [1.165, 1.54) is 90.7 Å². The van der Waals surface area contributed by atoms with Gasteiger partial charge in [-0.25, -0.2) is 14.4 Å². The van der Waals surface area contributed by atoms with Gasteiger partial charge in [0.2, 0.25) is 0 Å². The molecule has 5 aromatic carbocycles. The van der Waals surface area contributed by atoms with Crippen molar-refractivity contribution in [3.05, 3.63) is 151 Å². The molecule has 0 radical (unpaired) electrons. The summed E-state index contributed by atoms with van der Waals surface area (Å²) in [6.45, 7) is 19.1. The smallest absolute Gasteiger partial charge is 0.376 e. The normalized spacial score (nSPS) is 32.7. The molecule has 2 saturated heterocycles. The Labute approximate surface area is 721 Å². The molecule has 0 aromatic heterocycles. The van der Waals surface area contributed by atoms with Gasteiger partial charge < -0.3 is 38.3 Å². The van der Waals surface area contributed by atoms with Crippen LogP contribution in [0, 0.1) is 87.3 Å². The van der Waals surface area contributed by atoms with E-state index in [1.807, 2.05) is 0 Å². The predicted molar refractivity (Wildman–Crippen MR) is 460 cm³/mol. The highest BCUT2D eigenvalue weighted by Crippen LogP contribution is 2.64. The Morgan fingerprint density at radius 1 is 0.421 bits per heavy atom. The lowest BCUT2D eigenvalue weighted by Crippen LogP contribution is -2.58. The number of carbonyl (C=O) groups is 5. The van der Waals surface area contributed by atoms with Crippen LogP contribution in [0.3, 0.4) is 0 Å². The van der Waals surface area contributed by atoms with Crippen LogP contribution in [0.2, 0.25) is 0 Å². The molecule has 660 valence electrons. The van der Waals surface area contributed by atoms with Crippen molar-refractivity contribution in [3.63, 3.8) is 0 Å². The Hall–Kier alpha value is -5.88. The van der Waals surface area contributed by atoms with Crippen molar-refractivity contribution in [2.45, 2.75) is 268 Å². The standard InChI is InChI=1S/C25H34F2O5.C18H15S.C14H20F2O3.C14H18F2O3.2C14H21OS/c1-24(26,27)22(28)32-21-18-7-15-8-19(21)11-25(9-15,10-18)23(29)31-12-30-20-16-3-13-2-14(5-16)6-17(20)4-13;1-4-10-16(11-5-1)19(17-12-6-2-7-13-17)18-14-8-3-9-15-18;1-12(15,16)11(17)19-8-13-3-9-2-10(4-13)6-14(18,5-9)7-13;1-13(15,16)12(18)19-7-14-4-8-2-9(5-14)11(17)10(3-8)6-14;2*1-14(2,3)12-4-6-13(7-5-12)16-10-8-15-9-11-16/h13-21H,2-12H2,1H3;1-15H;9-10,18H,2-8H2,1H3;8-10H,2-7H2,1H3;2*4-7H,8-11H2,1-3H3/q;+1;;;2*+1. The Morgan fingerprint density at radius 3 is 1.20 bits per heavy atom. The topological polar surface area (TPSA) is 170 Å². The number of aliphatic hydroxyl groups is 1. The summed E-state index contributed by atoms with van der Waals surface area (Å²) in [5.74, 6) is -4.85. The number of rotatable bonds is 17. The Bertz CT molecular complexity index is 4060. The molecule has 16 bridgehead atoms. The molecular formula is C99H129F6O13S3+3. The van der Waals surface area contributed by atoms with E-state index in [1.54, 1.807) is 0 Å². The van der Waals surface area contributed by atoms with Gasteiger partial charge in [0.25, 0.3) is 0 Å². The third kappa shape index (κ3) is 22.6. The summed E-state index contributed by atoms with van der Waals surface area (Å²) in [6.07, 6.45) is 19.1. The number of ether oxygens (including phenoxy) is 7. The largest absolute Gasteiger partial charge is 0.461 e. The first-order valence-corrected chi connectivity index (χ1v) is 49.0. The molecule has 2 aliphatic heterocycles. The number of hydrogen-bond donors (Lipinski definition) is 1. The summed E-state index contributed by atoms with van der Waals surface area (Å²) in [5, 5.41) is 10.5. The molecule has 0 spiro atoms. The zero-order chi connectivity index (χ0) is 86.1. The molecule has 5 aromatic rings. The number of Topliss-reactive ketones (excluding diaryl/α,β-unsaturated/α-hetero) is 1. The van der Waals surface area contributed by atoms with E-state index in [0.717, 1.165) is 109 Å². The first-order valence-electron chi connectivity index (χ1n) is 44.6. The molecule has 1 N–H and O–H groups in total. The van der Waals surface area contributed by atoms with Crippen LogP contribution in [0.4, 0.5) is 26.3 Å². The molecule has 23 rings (SSSR count). The fourth-order valence-corrected chi connectivity index (χ4v) is 30.1. The first kappa shape index (κ1) is 91.3. The van der Waals surface area contributed by atoms with Crippen LogP contribution in [0.15, 0.2) is 164 Å². The van der Waals surface area contributed by atoms with Crippen molar-refractivity contribution < 1.29 is 88.6 Å². The average molecular weight is 1740 g/mol. The SMILES string of the molecule is CC(C)(C)c1ccc([S+]2CCOCC2)cc1.CC(C)(C)c1ccc([S+]2CCOCC2)cc1.CC(F)(F)C(=O)OC1C2CC3CC1CC(C(=O)OCOC1C4CC5CC(C4)CC1C5)(C3)C2.CC(F)(F)C(=O)OCC12CC3CC(C1)C(=O)C(C3)C2.CC(F)(F)C(=O)OCC12CC3CC(CC(O)(C3)C1)C2.c1ccc([S+](c2ccccc2)c2ccccc2)cc1. The lowest BCUT2D eigenvalue weighted by molar-refractivity contribution is -0.218. The first-order chi connectivity index (χ1) is 57.3. The third-order valence-corrected chi connectivity index (χ3v) is 35.5. The van der Waals surface area contributed by atoms with Gasteiger partial charge in [-0.05, 0) is 277 Å². The Kier molecular flexibility index (Phi) is 28.4. The lowest BCUT2D eigenvalue weighted by atomic mass is 9.48. The number of esters is 4. The second-order valence-electron chi connectivity index (χ2n) is 40.8. The van der Waals surface area contributed by atoms with Crippen LogP contribution in [-0.4, -0.2) is 140 Å². The van der Waals surface area contributed by atoms with Crippen molar-refractivity contribution in [2.75, 3.05) is 69.4 Å². The molecule has 13 nitrogen and oxygen atoms in total. The van der Waals surface area contributed by atoms with Crippen LogP contribution in [0.1, 0.15) is 208 Å². The van der Waals surface area contributed by atoms with Crippen molar-refractivity contribution in [2.24, 2.45) is 87.3 Å². The highest BCUT2D eigenvalue weighted by atomic mass is 32.2. The van der Waals surface area contributed by atoms with Crippen molar-refractivity contribution in [1.82, 2.24) is 0 Å². The number of hydrogen-bond acceptors (Lipinski definition) is 13. The monoisotopic (exact) mass is 1740 g/mol. The molecule has 16 aliphatic carbocycles. The summed E-state index contributed by atoms with van der Waals surface area (Å²) in [6, 6.07) is 50.6. The van der Waals surface area contributed by atoms with E-state index < -0.39 is 52.8 Å². The number of alkyl halides is 6. The molecule has 121 heavy (non-hydrogen) atoms. The van der Waals surface area contributed by atoms with E-state index in [4.69, 9.17) is 33.2 Å². The van der Waals surface area contributed by atoms with Crippen molar-refractivity contribution in [1.29, 1.82) is 0 Å². The van der Waals surface area contributed by atoms with Crippen LogP contribution in [0.5, 0.6) is 0 Å². The van der Waals surface area contributed by atoms with E-state index in [9.17, 15) is 55.4 Å². The molecule has 18 aliphatic rings. The minimum absolute atomic E-state index is 0.0146. The van der Waals surface area contributed by atoms with Gasteiger partial charge in [-0.15, -0.1) is 0 Å². The summed E-state index contributed by atoms with van der Waals surface area (Å²) >= 11 is 0. The Morgan fingerprint density at radius 2 is 0.802 bits per heavy atom. The zero-order valence-corrected chi connectivity index (χ0v) is 74.8. The molecule has 6 unspecified atom stereocenters. The van der Waals surface area contributed by atoms with Gasteiger partial charge in [-0.2, -0.15) is 26.3 Å². The highest BCUT2D eigenvalue weighted by molar-refractivity contribution is 7.97. The molecule has 2 heterocycles. The summed E-state index contributed by atoms with van der Waals surface area (Å²) in [4.78, 5) is 66.5. The number of halogens is 6. The molecule has 18 fully saturated rings. The molecule has 0 amide bonds. The van der Waals surface area contributed by atoms with E-state index in [0.29, 0.717) is 116 Å². The summed E-state index contributed by atoms with van der Waals surface area (Å²) in [5.41, 5.74) is 1.67. The maximum absolute atomic E-state index is 13.4. The van der Waals surface area contributed by atoms with Gasteiger partial charge in [-0.3, -0.25) is 9.59 Å². The maximum atomic E-state index is 13.4. The van der Waals surface area contributed by atoms with E-state index in [2.05, 4.69) is 181 Å². The van der Waals surface area contributed by atoms with Crippen molar-refractivity contribution >= 4 is 62.3 Å². The minimum atomic E-state index is -3.49. The Balaban J connectivity index is 0.000000121. The van der Waals surface area contributed by atoms with Crippen LogP contribution < -0.4 is 0 Å². The molecule has 16 saturated carbocycles. The number of ketones is 1. The van der Waals surface area contributed by atoms with Gasteiger partial charge in [0.05, 0.1) is 67.7 Å². The molecule has 6 atom stereocenters. The summed E-state index contributed by atoms with van der Waals surface area (Å²) in [7, 11) is 0.849. The quantitative estimate of drug-likeness (QED) is 0.0307. The van der Waals surface area contributed by atoms with Gasteiger partial charge >= 0.3 is 41.6 Å². The number of benzene rings is 5. The molecule has 22 heteroatoms. The number of carbonyl (C=O) groups excluding carboxylic acids is 5. The van der Waals surface area contributed by atoms with Crippen molar-refractivity contribution in [3.8, 4) is 0 Å². The van der Waals surface area contributed by atoms with Gasteiger partial charge in [0.1, 0.15) is 34.9 Å². The van der Waals surface area contributed by atoms with E-state index in [-0.39, 0.29) is 88.3 Å². The van der Waals surface area contributed by atoms with Gasteiger partial charge in [0, 0.05) is 65.2 Å².